The van der Waals surface area contributed by atoms with E-state index in [4.69, 9.17) is 9.47 Å². The second kappa shape index (κ2) is 11.1. The van der Waals surface area contributed by atoms with Gasteiger partial charge in [-0.1, -0.05) is 80.1 Å². The average Bonchev–Trinajstić information content (AvgIpc) is 3.56. The van der Waals surface area contributed by atoms with Crippen LogP contribution in [0.2, 0.25) is 0 Å². The van der Waals surface area contributed by atoms with Gasteiger partial charge in [-0.3, -0.25) is 14.4 Å². The van der Waals surface area contributed by atoms with E-state index in [0.29, 0.717) is 28.3 Å². The van der Waals surface area contributed by atoms with Gasteiger partial charge in [0.1, 0.15) is 23.0 Å². The summed E-state index contributed by atoms with van der Waals surface area (Å²) in [6, 6.07) is 26.4. The number of methoxy groups -OCH3 is 2. The van der Waals surface area contributed by atoms with Gasteiger partial charge in [-0.2, -0.15) is 0 Å². The summed E-state index contributed by atoms with van der Waals surface area (Å²) < 4.78 is 11.1. The van der Waals surface area contributed by atoms with Gasteiger partial charge in [0.25, 0.3) is 0 Å². The molecule has 4 atom stereocenters. The molecule has 1 fully saturated rings. The second-order valence-electron chi connectivity index (χ2n) is 11.8. The lowest BCUT2D eigenvalue weighted by molar-refractivity contribution is -0.122. The normalized spacial score (nSPS) is 22.4. The fourth-order valence-electron chi connectivity index (χ4n) is 7.64. The first-order valence-electron chi connectivity index (χ1n) is 15.3. The van der Waals surface area contributed by atoms with Gasteiger partial charge in [0, 0.05) is 17.5 Å². The van der Waals surface area contributed by atoms with Crippen molar-refractivity contribution in [2.24, 2.45) is 5.92 Å². The van der Waals surface area contributed by atoms with E-state index in [2.05, 4.69) is 12.2 Å². The molecule has 7 rings (SSSR count). The Morgan fingerprint density at radius 3 is 2.40 bits per heavy atom. The van der Waals surface area contributed by atoms with Crippen molar-refractivity contribution in [2.45, 2.75) is 37.3 Å². The Morgan fingerprint density at radius 1 is 0.889 bits per heavy atom. The van der Waals surface area contributed by atoms with Crippen molar-refractivity contribution < 1.29 is 23.9 Å². The van der Waals surface area contributed by atoms with Crippen LogP contribution in [0.3, 0.4) is 0 Å². The zero-order chi connectivity index (χ0) is 31.3. The number of nitrogens with one attached hydrogen (secondary N) is 1. The molecule has 4 aromatic rings. The molecule has 45 heavy (non-hydrogen) atoms. The smallest absolute Gasteiger partial charge is 0.238 e. The maximum Gasteiger partial charge on any atom is 0.238 e. The highest BCUT2D eigenvalue weighted by Gasteiger charge is 2.70. The maximum atomic E-state index is 15.1. The van der Waals surface area contributed by atoms with Crippen LogP contribution in [0.5, 0.6) is 11.5 Å². The summed E-state index contributed by atoms with van der Waals surface area (Å²) in [5.41, 5.74) is 3.66. The van der Waals surface area contributed by atoms with Gasteiger partial charge in [-0.15, -0.1) is 0 Å². The molecule has 0 unspecified atom stereocenters. The standard InChI is InChI=1S/C38H34N2O5/c1-4-9-23-14-16-25(17-15-23)34(41)32-33(35(42)28-22-26(44-2)18-19-31(28)45-3)40-21-20-24-10-5-6-11-27(24)36(40)38(32)29-12-7-8-13-30(29)39-37(38)43/h5-8,10-22,32-33,36H,4,9H2,1-3H3,(H,39,43)/t32-,33-,36+,38+/m0/s1. The lowest BCUT2D eigenvalue weighted by Gasteiger charge is -2.38. The van der Waals surface area contributed by atoms with E-state index in [1.165, 1.54) is 14.2 Å². The van der Waals surface area contributed by atoms with Crippen LogP contribution in [0.25, 0.3) is 6.08 Å². The molecule has 7 nitrogen and oxygen atoms in total. The van der Waals surface area contributed by atoms with Gasteiger partial charge in [0.05, 0.1) is 31.7 Å². The van der Waals surface area contributed by atoms with Crippen molar-refractivity contribution in [1.82, 2.24) is 4.90 Å². The number of fused-ring (bicyclic) bond motifs is 6. The Balaban J connectivity index is 1.51. The highest BCUT2D eigenvalue weighted by molar-refractivity contribution is 6.17. The highest BCUT2D eigenvalue weighted by Crippen LogP contribution is 2.62. The summed E-state index contributed by atoms with van der Waals surface area (Å²) in [7, 11) is 3.05. The molecule has 1 saturated heterocycles. The van der Waals surface area contributed by atoms with Crippen LogP contribution in [0, 0.1) is 5.92 Å². The summed E-state index contributed by atoms with van der Waals surface area (Å²) in [6.45, 7) is 2.11. The van der Waals surface area contributed by atoms with Gasteiger partial charge in [-0.05, 0) is 59.0 Å². The van der Waals surface area contributed by atoms with Gasteiger partial charge in [0.15, 0.2) is 11.6 Å². The van der Waals surface area contributed by atoms with E-state index in [1.54, 1.807) is 18.2 Å². The molecule has 0 aromatic heterocycles. The zero-order valence-corrected chi connectivity index (χ0v) is 25.4. The van der Waals surface area contributed by atoms with E-state index in [9.17, 15) is 4.79 Å². The van der Waals surface area contributed by atoms with Gasteiger partial charge >= 0.3 is 0 Å². The van der Waals surface area contributed by atoms with E-state index in [0.717, 1.165) is 29.5 Å². The predicted molar refractivity (Wildman–Crippen MR) is 173 cm³/mol. The number of ether oxygens (including phenoxy) is 2. The van der Waals surface area contributed by atoms with Crippen molar-refractivity contribution in [2.75, 3.05) is 19.5 Å². The molecule has 0 saturated carbocycles. The molecule has 3 heterocycles. The first-order chi connectivity index (χ1) is 21.9. The molecule has 1 spiro atoms. The number of para-hydroxylation sites is 1. The molecule has 226 valence electrons. The molecule has 3 aliphatic rings. The van der Waals surface area contributed by atoms with Crippen molar-refractivity contribution in [3.05, 3.63) is 131 Å². The molecule has 0 bridgehead atoms. The zero-order valence-electron chi connectivity index (χ0n) is 25.4. The number of carbonyl (C=O) groups is 3. The predicted octanol–water partition coefficient (Wildman–Crippen LogP) is 6.64. The summed E-state index contributed by atoms with van der Waals surface area (Å²) in [5.74, 6) is -1.09. The van der Waals surface area contributed by atoms with Crippen LogP contribution < -0.4 is 14.8 Å². The first-order valence-corrected chi connectivity index (χ1v) is 15.3. The third-order valence-electron chi connectivity index (χ3n) is 9.57. The number of rotatable bonds is 8. The first kappa shape index (κ1) is 28.6. The van der Waals surface area contributed by atoms with Crippen molar-refractivity contribution >= 4 is 29.2 Å². The van der Waals surface area contributed by atoms with Gasteiger partial charge in [-0.25, -0.2) is 0 Å². The fraction of sp³-hybridized carbons (Fsp3) is 0.237. The van der Waals surface area contributed by atoms with E-state index in [-0.39, 0.29) is 23.0 Å². The Labute approximate surface area is 262 Å². The van der Waals surface area contributed by atoms with E-state index in [1.807, 2.05) is 90.0 Å². The van der Waals surface area contributed by atoms with Crippen molar-refractivity contribution in [3.63, 3.8) is 0 Å². The minimum atomic E-state index is -1.40. The number of carbonyl (C=O) groups excluding carboxylic acids is 3. The largest absolute Gasteiger partial charge is 0.497 e. The molecule has 3 aliphatic heterocycles. The summed E-state index contributed by atoms with van der Waals surface area (Å²) >= 11 is 0. The van der Waals surface area contributed by atoms with E-state index < -0.39 is 23.4 Å². The van der Waals surface area contributed by atoms with Gasteiger partial charge in [0.2, 0.25) is 5.91 Å². The molecule has 0 aliphatic carbocycles. The minimum absolute atomic E-state index is 0.259. The average molecular weight is 599 g/mol. The lowest BCUT2D eigenvalue weighted by Crippen LogP contribution is -2.49. The SMILES string of the molecule is CCCc1ccc(C(=O)[C@@H]2[C@@H](C(=O)c3cc(OC)ccc3OC)N3C=Cc4ccccc4[C@@H]3[C@]23C(=O)Nc2ccccc23)cc1. The van der Waals surface area contributed by atoms with Crippen LogP contribution in [-0.2, 0) is 16.6 Å². The quantitative estimate of drug-likeness (QED) is 0.229. The number of ketones is 2. The third kappa shape index (κ3) is 4.21. The maximum absolute atomic E-state index is 15.1. The monoisotopic (exact) mass is 598 g/mol. The number of aryl methyl sites for hydroxylation is 1. The summed E-state index contributed by atoms with van der Waals surface area (Å²) in [5, 5.41) is 3.10. The van der Waals surface area contributed by atoms with Crippen LogP contribution in [0.15, 0.2) is 97.2 Å². The number of Topliss-reactive ketones (excluding diaryl/α,β-unsaturated/α-hetero) is 2. The Bertz CT molecular complexity index is 1860. The number of hydrogen-bond donors (Lipinski definition) is 1. The number of nitrogens with zero attached hydrogens (tertiary/aromatic N) is 1. The number of anilines is 1. The lowest BCUT2D eigenvalue weighted by atomic mass is 9.62. The molecule has 4 aromatic carbocycles. The summed E-state index contributed by atoms with van der Waals surface area (Å²) in [6.07, 6.45) is 5.70. The molecule has 1 N–H and O–H groups in total. The minimum Gasteiger partial charge on any atom is -0.497 e. The molecule has 0 radical (unpaired) electrons. The number of amides is 1. The van der Waals surface area contributed by atoms with Crippen LogP contribution in [0.4, 0.5) is 5.69 Å². The topological polar surface area (TPSA) is 84.9 Å². The summed E-state index contributed by atoms with van der Waals surface area (Å²) in [4.78, 5) is 46.7. The molecular weight excluding hydrogens is 564 g/mol. The Morgan fingerprint density at radius 2 is 1.64 bits per heavy atom. The number of benzene rings is 4. The number of hydrogen-bond acceptors (Lipinski definition) is 6. The van der Waals surface area contributed by atoms with Crippen LogP contribution in [-0.4, -0.2) is 42.6 Å². The molecule has 7 heteroatoms. The third-order valence-corrected chi connectivity index (χ3v) is 9.57. The second-order valence-corrected chi connectivity index (χ2v) is 11.8. The van der Waals surface area contributed by atoms with Crippen molar-refractivity contribution in [1.29, 1.82) is 0 Å². The Hall–Kier alpha value is -5.17. The van der Waals surface area contributed by atoms with Crippen LogP contribution >= 0.6 is 0 Å². The fourth-order valence-corrected chi connectivity index (χ4v) is 7.64. The van der Waals surface area contributed by atoms with Crippen molar-refractivity contribution in [3.8, 4) is 11.5 Å². The van der Waals surface area contributed by atoms with Gasteiger partial charge < -0.3 is 19.7 Å². The molecular formula is C38H34N2O5. The molecule has 1 amide bonds. The van der Waals surface area contributed by atoms with Crippen LogP contribution in [0.1, 0.15) is 62.4 Å². The van der Waals surface area contributed by atoms with E-state index >= 15 is 9.59 Å². The highest BCUT2D eigenvalue weighted by atomic mass is 16.5. The Kier molecular flexibility index (Phi) is 7.04.